The standard InChI is InChI=1S/C37H38ClF3N8O6/c1-35(2,3)22-8-14-25(15-9-22)43-30(52)29(51)42-19-16-27(31(53)54)45-28(50)21-4-12-26(13-5-21)44-32-46-33(48-34(47-32)55-20-37(39,40)41)49-36(17-18-36)23-6-10-24(38)11-7-23/h4-15,27H,16-20H2,1-3H3,(H,42,51)(H,43,52)(H,45,50)(H,53,54)(H2,44,46,47,48,49)/t27-/m0/s1. The van der Waals surface area contributed by atoms with Crippen LogP contribution in [0.2, 0.25) is 5.02 Å². The molecule has 3 amide bonds. The van der Waals surface area contributed by atoms with Crippen molar-refractivity contribution in [1.29, 1.82) is 0 Å². The molecular formula is C37H38ClF3N8O6. The number of halogens is 4. The summed E-state index contributed by atoms with van der Waals surface area (Å²) in [7, 11) is 0. The topological polar surface area (TPSA) is 197 Å². The maximum Gasteiger partial charge on any atom is 0.422 e. The zero-order valence-corrected chi connectivity index (χ0v) is 30.6. The molecule has 1 aromatic heterocycles. The van der Waals surface area contributed by atoms with E-state index in [-0.39, 0.29) is 35.8 Å². The molecule has 0 radical (unpaired) electrons. The van der Waals surface area contributed by atoms with Crippen molar-refractivity contribution in [2.45, 2.75) is 63.2 Å². The minimum absolute atomic E-state index is 0.0412. The highest BCUT2D eigenvalue weighted by atomic mass is 35.5. The Bertz CT molecular complexity index is 2020. The maximum absolute atomic E-state index is 12.9. The Kier molecular flexibility index (Phi) is 12.1. The molecule has 3 aromatic carbocycles. The molecule has 18 heteroatoms. The lowest BCUT2D eigenvalue weighted by atomic mass is 9.87. The highest BCUT2D eigenvalue weighted by Gasteiger charge is 2.45. The smallest absolute Gasteiger partial charge is 0.422 e. The van der Waals surface area contributed by atoms with Gasteiger partial charge in [-0.1, -0.05) is 56.6 Å². The third-order valence-electron chi connectivity index (χ3n) is 8.42. The second kappa shape index (κ2) is 16.6. The SMILES string of the molecule is CC(C)(C)c1ccc(NC(=O)C(=O)NCC[C@H](NC(=O)c2ccc(Nc3nc(NC4(c5ccc(Cl)cc5)CC4)nc(OCC(F)(F)F)n3)cc2)C(=O)O)cc1. The average Bonchev–Trinajstić information content (AvgIpc) is 3.90. The number of ether oxygens (including phenoxy) is 1. The second-order valence-corrected chi connectivity index (χ2v) is 14.2. The van der Waals surface area contributed by atoms with Gasteiger partial charge in [0.1, 0.15) is 6.04 Å². The summed E-state index contributed by atoms with van der Waals surface area (Å²) >= 11 is 6.02. The Morgan fingerprint density at radius 1 is 0.855 bits per heavy atom. The number of carboxylic acids is 1. The summed E-state index contributed by atoms with van der Waals surface area (Å²) in [6.45, 7) is 4.26. The fourth-order valence-electron chi connectivity index (χ4n) is 5.26. The molecule has 1 aliphatic rings. The van der Waals surface area contributed by atoms with Crippen molar-refractivity contribution in [2.24, 2.45) is 0 Å². The highest BCUT2D eigenvalue weighted by Crippen LogP contribution is 2.48. The summed E-state index contributed by atoms with van der Waals surface area (Å²) in [6, 6.07) is 17.8. The van der Waals surface area contributed by atoms with Gasteiger partial charge < -0.3 is 36.4 Å². The van der Waals surface area contributed by atoms with E-state index >= 15 is 0 Å². The van der Waals surface area contributed by atoms with E-state index in [1.807, 2.05) is 45.0 Å². The Labute approximate surface area is 318 Å². The Balaban J connectivity index is 1.17. The van der Waals surface area contributed by atoms with Gasteiger partial charge in [0.25, 0.3) is 5.91 Å². The van der Waals surface area contributed by atoms with E-state index < -0.39 is 54.1 Å². The molecule has 0 bridgehead atoms. The van der Waals surface area contributed by atoms with Gasteiger partial charge >= 0.3 is 30.0 Å². The van der Waals surface area contributed by atoms with E-state index in [1.54, 1.807) is 24.3 Å². The summed E-state index contributed by atoms with van der Waals surface area (Å²) in [5, 5.41) is 23.5. The maximum atomic E-state index is 12.9. The number of hydrogen-bond acceptors (Lipinski definition) is 10. The van der Waals surface area contributed by atoms with Crippen LogP contribution in [-0.2, 0) is 25.3 Å². The van der Waals surface area contributed by atoms with Gasteiger partial charge in [-0.2, -0.15) is 28.1 Å². The zero-order chi connectivity index (χ0) is 40.0. The molecule has 1 fully saturated rings. The fourth-order valence-corrected chi connectivity index (χ4v) is 5.38. The predicted octanol–water partition coefficient (Wildman–Crippen LogP) is 5.94. The van der Waals surface area contributed by atoms with E-state index in [1.165, 1.54) is 24.3 Å². The van der Waals surface area contributed by atoms with Crippen molar-refractivity contribution in [1.82, 2.24) is 25.6 Å². The van der Waals surface area contributed by atoms with Crippen LogP contribution in [-0.4, -0.2) is 69.1 Å². The number of alkyl halides is 3. The lowest BCUT2D eigenvalue weighted by Gasteiger charge is -2.19. The molecule has 1 aliphatic carbocycles. The van der Waals surface area contributed by atoms with Crippen molar-refractivity contribution >= 4 is 58.6 Å². The van der Waals surface area contributed by atoms with Crippen LogP contribution in [0.25, 0.3) is 0 Å². The molecule has 1 atom stereocenters. The van der Waals surface area contributed by atoms with Crippen LogP contribution in [0.3, 0.4) is 0 Å². The number of benzene rings is 3. The summed E-state index contributed by atoms with van der Waals surface area (Å²) in [6.07, 6.45) is -3.47. The molecule has 6 N–H and O–H groups in total. The minimum Gasteiger partial charge on any atom is -0.480 e. The normalized spacial score (nSPS) is 13.9. The van der Waals surface area contributed by atoms with Gasteiger partial charge in [0.15, 0.2) is 6.61 Å². The summed E-state index contributed by atoms with van der Waals surface area (Å²) in [5.74, 6) is -4.22. The van der Waals surface area contributed by atoms with Crippen molar-refractivity contribution in [3.63, 3.8) is 0 Å². The molecule has 5 rings (SSSR count). The Hall–Kier alpha value is -5.97. The van der Waals surface area contributed by atoms with Gasteiger partial charge in [0, 0.05) is 28.5 Å². The molecule has 4 aromatic rings. The number of carboxylic acid groups (broad SMARTS) is 1. The number of aliphatic carboxylic acids is 1. The van der Waals surface area contributed by atoms with E-state index in [2.05, 4.69) is 41.5 Å². The quantitative estimate of drug-likeness (QED) is 0.0829. The molecule has 0 saturated heterocycles. The number of carbonyl (C=O) groups excluding carboxylic acids is 3. The van der Waals surface area contributed by atoms with Crippen LogP contribution >= 0.6 is 11.6 Å². The van der Waals surface area contributed by atoms with Crippen molar-refractivity contribution < 1.29 is 42.2 Å². The lowest BCUT2D eigenvalue weighted by Crippen LogP contribution is -2.44. The Morgan fingerprint density at radius 2 is 1.47 bits per heavy atom. The number of hydrogen-bond donors (Lipinski definition) is 6. The van der Waals surface area contributed by atoms with Gasteiger partial charge in [0.2, 0.25) is 11.9 Å². The van der Waals surface area contributed by atoms with Gasteiger partial charge in [0.05, 0.1) is 5.54 Å². The summed E-state index contributed by atoms with van der Waals surface area (Å²) < 4.78 is 43.6. The Morgan fingerprint density at radius 3 is 2.05 bits per heavy atom. The first-order valence-electron chi connectivity index (χ1n) is 17.0. The largest absolute Gasteiger partial charge is 0.480 e. The minimum atomic E-state index is -4.64. The van der Waals surface area contributed by atoms with Gasteiger partial charge in [-0.15, -0.1) is 0 Å². The van der Waals surface area contributed by atoms with Crippen molar-refractivity contribution in [2.75, 3.05) is 29.1 Å². The van der Waals surface area contributed by atoms with E-state index in [0.29, 0.717) is 29.2 Å². The third-order valence-corrected chi connectivity index (χ3v) is 8.67. The van der Waals surface area contributed by atoms with Crippen LogP contribution in [0, 0.1) is 0 Å². The van der Waals surface area contributed by atoms with E-state index in [0.717, 1.165) is 11.1 Å². The molecule has 14 nitrogen and oxygen atoms in total. The van der Waals surface area contributed by atoms with Gasteiger partial charge in [-0.3, -0.25) is 14.4 Å². The first kappa shape index (κ1) is 40.2. The molecule has 290 valence electrons. The van der Waals surface area contributed by atoms with Crippen LogP contribution < -0.4 is 31.3 Å². The zero-order valence-electron chi connectivity index (χ0n) is 29.9. The molecular weight excluding hydrogens is 745 g/mol. The summed E-state index contributed by atoms with van der Waals surface area (Å²) in [5.41, 5.74) is 2.08. The number of nitrogens with one attached hydrogen (secondary N) is 5. The van der Waals surface area contributed by atoms with Crippen LogP contribution in [0.4, 0.5) is 36.4 Å². The average molecular weight is 783 g/mol. The number of aromatic nitrogens is 3. The number of nitrogens with zero attached hydrogens (tertiary/aromatic N) is 3. The third kappa shape index (κ3) is 11.5. The van der Waals surface area contributed by atoms with Crippen molar-refractivity contribution in [3.05, 3.63) is 94.5 Å². The predicted molar refractivity (Wildman–Crippen MR) is 197 cm³/mol. The number of anilines is 4. The van der Waals surface area contributed by atoms with Crippen LogP contribution in [0.1, 0.15) is 61.5 Å². The van der Waals surface area contributed by atoms with E-state index in [4.69, 9.17) is 16.3 Å². The fraction of sp³-hybridized carbons (Fsp3) is 0.324. The second-order valence-electron chi connectivity index (χ2n) is 13.8. The van der Waals surface area contributed by atoms with Gasteiger partial charge in [-0.25, -0.2) is 4.79 Å². The van der Waals surface area contributed by atoms with Crippen LogP contribution in [0.5, 0.6) is 6.01 Å². The molecule has 0 unspecified atom stereocenters. The molecule has 1 saturated carbocycles. The molecule has 0 spiro atoms. The lowest BCUT2D eigenvalue weighted by molar-refractivity contribution is -0.154. The van der Waals surface area contributed by atoms with Crippen molar-refractivity contribution in [3.8, 4) is 6.01 Å². The number of amides is 3. The van der Waals surface area contributed by atoms with E-state index in [9.17, 15) is 37.5 Å². The molecule has 0 aliphatic heterocycles. The van der Waals surface area contributed by atoms with Crippen LogP contribution in [0.15, 0.2) is 72.8 Å². The first-order chi connectivity index (χ1) is 25.9. The molecule has 1 heterocycles. The summed E-state index contributed by atoms with van der Waals surface area (Å²) in [4.78, 5) is 61.8. The van der Waals surface area contributed by atoms with Gasteiger partial charge in [-0.05, 0) is 84.3 Å². The number of carbonyl (C=O) groups is 4. The highest BCUT2D eigenvalue weighted by molar-refractivity contribution is 6.39. The monoisotopic (exact) mass is 782 g/mol. The molecule has 55 heavy (non-hydrogen) atoms. The first-order valence-corrected chi connectivity index (χ1v) is 17.4. The number of rotatable bonds is 14.